The third-order valence-corrected chi connectivity index (χ3v) is 5.38. The molecule has 3 atom stereocenters. The third kappa shape index (κ3) is 15.5. The molecule has 168 valence electrons. The average molecular weight is 425 g/mol. The smallest absolute Gasteiger partial charge is 0.307 e. The second-order valence-electron chi connectivity index (χ2n) is 7.07. The zero-order chi connectivity index (χ0) is 21.0. The number of hydrogen-bond donors (Lipinski definition) is 1. The van der Waals surface area contributed by atoms with E-state index in [4.69, 9.17) is 19.8 Å². The van der Waals surface area contributed by atoms with Crippen molar-refractivity contribution in [2.75, 3.05) is 13.2 Å². The van der Waals surface area contributed by atoms with E-state index in [1.807, 2.05) is 6.92 Å². The fraction of sp³-hybridized carbons (Fsp3) is 0.950. The molecule has 0 fully saturated rings. The number of unbranched alkanes of at least 4 members (excludes halogenated alkanes) is 3. The van der Waals surface area contributed by atoms with Gasteiger partial charge in [0, 0.05) is 12.0 Å². The van der Waals surface area contributed by atoms with Crippen LogP contribution in [0.1, 0.15) is 91.9 Å². The van der Waals surface area contributed by atoms with Gasteiger partial charge in [-0.2, -0.15) is 0 Å². The van der Waals surface area contributed by atoms with E-state index in [0.29, 0.717) is 12.5 Å². The van der Waals surface area contributed by atoms with E-state index in [1.165, 1.54) is 6.42 Å². The molecule has 3 unspecified atom stereocenters. The molecule has 0 aromatic carbocycles. The van der Waals surface area contributed by atoms with Gasteiger partial charge in [-0.15, -0.1) is 4.33 Å². The lowest BCUT2D eigenvalue weighted by Crippen LogP contribution is -2.24. The average Bonchev–Trinajstić information content (AvgIpc) is 2.70. The van der Waals surface area contributed by atoms with Crippen LogP contribution < -0.4 is 0 Å². The van der Waals surface area contributed by atoms with Crippen molar-refractivity contribution in [3.05, 3.63) is 0 Å². The summed E-state index contributed by atoms with van der Waals surface area (Å²) >= 11 is 0.806. The molecule has 0 aliphatic heterocycles. The Morgan fingerprint density at radius 2 is 1.64 bits per heavy atom. The summed E-state index contributed by atoms with van der Waals surface area (Å²) in [5.41, 5.74) is 0. The van der Waals surface area contributed by atoms with Gasteiger partial charge < -0.3 is 4.74 Å². The fourth-order valence-electron chi connectivity index (χ4n) is 2.75. The maximum atomic E-state index is 12.2. The first-order valence-electron chi connectivity index (χ1n) is 10.7. The van der Waals surface area contributed by atoms with Crippen LogP contribution in [0.2, 0.25) is 0 Å². The normalized spacial score (nSPS) is 14.6. The summed E-state index contributed by atoms with van der Waals surface area (Å²) in [7, 11) is 0. The van der Waals surface area contributed by atoms with Crippen LogP contribution in [0, 0.1) is 5.92 Å². The van der Waals surface area contributed by atoms with E-state index >= 15 is 0 Å². The number of hydrogen-bond acceptors (Lipinski definition) is 8. The molecule has 28 heavy (non-hydrogen) atoms. The number of esters is 1. The lowest BCUT2D eigenvalue weighted by molar-refractivity contribution is -0.432. The Hall–Kier alpha value is -0.380. The second-order valence-corrected chi connectivity index (χ2v) is 8.06. The molecule has 0 saturated heterocycles. The summed E-state index contributed by atoms with van der Waals surface area (Å²) < 4.78 is 10.0. The fourth-order valence-corrected chi connectivity index (χ4v) is 3.21. The van der Waals surface area contributed by atoms with E-state index in [1.54, 1.807) is 0 Å². The molecule has 8 heteroatoms. The van der Waals surface area contributed by atoms with Gasteiger partial charge in [0.25, 0.3) is 0 Å². The van der Waals surface area contributed by atoms with Crippen LogP contribution in [0.25, 0.3) is 0 Å². The molecule has 0 heterocycles. The van der Waals surface area contributed by atoms with Crippen LogP contribution in [0.5, 0.6) is 0 Å². The largest absolute Gasteiger partial charge is 0.462 e. The zero-order valence-corrected chi connectivity index (χ0v) is 18.8. The van der Waals surface area contributed by atoms with Crippen molar-refractivity contribution < 1.29 is 33.9 Å². The van der Waals surface area contributed by atoms with Crippen molar-refractivity contribution in [2.24, 2.45) is 5.92 Å². The molecule has 0 radical (unpaired) electrons. The Bertz CT molecular complexity index is 357. The molecule has 0 bridgehead atoms. The van der Waals surface area contributed by atoms with E-state index in [0.717, 1.165) is 63.4 Å². The molecule has 0 amide bonds. The molecule has 0 aromatic heterocycles. The van der Waals surface area contributed by atoms with Crippen molar-refractivity contribution in [2.45, 2.75) is 103 Å². The Morgan fingerprint density at radius 1 is 0.929 bits per heavy atom. The van der Waals surface area contributed by atoms with Gasteiger partial charge in [0.1, 0.15) is 6.10 Å². The monoisotopic (exact) mass is 424 g/mol. The highest BCUT2D eigenvalue weighted by Crippen LogP contribution is 2.20. The van der Waals surface area contributed by atoms with Crippen molar-refractivity contribution in [3.63, 3.8) is 0 Å². The van der Waals surface area contributed by atoms with Crippen molar-refractivity contribution >= 4 is 18.0 Å². The van der Waals surface area contributed by atoms with Gasteiger partial charge in [-0.3, -0.25) is 4.79 Å². The van der Waals surface area contributed by atoms with Crippen molar-refractivity contribution in [3.8, 4) is 0 Å². The summed E-state index contributed by atoms with van der Waals surface area (Å²) in [5, 5.41) is 11.6. The molecular weight excluding hydrogens is 384 g/mol. The van der Waals surface area contributed by atoms with Gasteiger partial charge in [0.15, 0.2) is 0 Å². The Kier molecular flexibility index (Phi) is 19.6. The van der Waals surface area contributed by atoms with Crippen molar-refractivity contribution in [1.82, 2.24) is 0 Å². The number of rotatable bonds is 20. The molecule has 0 rings (SSSR count). The highest BCUT2D eigenvalue weighted by atomic mass is 32.2. The molecule has 0 saturated carbocycles. The predicted molar refractivity (Wildman–Crippen MR) is 110 cm³/mol. The first-order valence-corrected chi connectivity index (χ1v) is 11.5. The Balaban J connectivity index is 4.27. The van der Waals surface area contributed by atoms with E-state index in [-0.39, 0.29) is 25.1 Å². The summed E-state index contributed by atoms with van der Waals surface area (Å²) in [5.74, 6) is 0.141. The number of ether oxygens (including phenoxy) is 1. The molecule has 0 spiro atoms. The summed E-state index contributed by atoms with van der Waals surface area (Å²) in [4.78, 5) is 22.8. The molecule has 0 aliphatic rings. The van der Waals surface area contributed by atoms with E-state index in [9.17, 15) is 4.79 Å². The summed E-state index contributed by atoms with van der Waals surface area (Å²) in [6, 6.07) is 0. The van der Waals surface area contributed by atoms with Gasteiger partial charge >= 0.3 is 5.97 Å². The van der Waals surface area contributed by atoms with Crippen LogP contribution in [0.15, 0.2) is 0 Å². The highest BCUT2D eigenvalue weighted by molar-refractivity contribution is 7.95. The third-order valence-electron chi connectivity index (χ3n) is 4.67. The van der Waals surface area contributed by atoms with E-state index in [2.05, 4.69) is 30.1 Å². The summed E-state index contributed by atoms with van der Waals surface area (Å²) in [6.07, 6.45) is 9.47. The van der Waals surface area contributed by atoms with Gasteiger partial charge in [-0.1, -0.05) is 64.8 Å². The Labute approximate surface area is 174 Å². The maximum absolute atomic E-state index is 12.2. The molecule has 1 N–H and O–H groups in total. The molecule has 0 aromatic rings. The minimum atomic E-state index is -0.413. The first kappa shape index (κ1) is 27.6. The lowest BCUT2D eigenvalue weighted by Gasteiger charge is -2.19. The van der Waals surface area contributed by atoms with Gasteiger partial charge in [-0.05, 0) is 31.6 Å². The lowest BCUT2D eigenvalue weighted by atomic mass is 10.0. The number of carbonyl (C=O) groups excluding carboxylic acids is 1. The van der Waals surface area contributed by atoms with Crippen LogP contribution in [-0.4, -0.2) is 35.8 Å². The standard InChI is InChI=1S/C20H40O7S/c1-5-9-11-13-18(8-4)25-20(21)14-19(28-27-26-22)16-24-23-15-17(7-3)12-10-6-2/h17-19,22H,5-16H2,1-4H3. The molecule has 7 nitrogen and oxygen atoms in total. The van der Waals surface area contributed by atoms with Crippen LogP contribution in [-0.2, 0) is 28.7 Å². The minimum absolute atomic E-state index is 0.0687. The zero-order valence-electron chi connectivity index (χ0n) is 18.0. The van der Waals surface area contributed by atoms with Crippen LogP contribution >= 0.6 is 12.0 Å². The first-order chi connectivity index (χ1) is 13.6. The topological polar surface area (TPSA) is 83.5 Å². The summed E-state index contributed by atoms with van der Waals surface area (Å²) in [6.45, 7) is 9.10. The van der Waals surface area contributed by atoms with Gasteiger partial charge in [-0.25, -0.2) is 15.0 Å². The molecule has 0 aliphatic carbocycles. The highest BCUT2D eigenvalue weighted by Gasteiger charge is 2.21. The Morgan fingerprint density at radius 3 is 2.25 bits per heavy atom. The SMILES string of the molecule is CCCCCC(CC)OC(=O)CC(COOCC(CC)CCCC)SOOO. The maximum Gasteiger partial charge on any atom is 0.307 e. The minimum Gasteiger partial charge on any atom is -0.462 e. The molecular formula is C20H40O7S. The van der Waals surface area contributed by atoms with Crippen molar-refractivity contribution in [1.29, 1.82) is 0 Å². The predicted octanol–water partition coefficient (Wildman–Crippen LogP) is 5.88. The quantitative estimate of drug-likeness (QED) is 0.0852. The van der Waals surface area contributed by atoms with Gasteiger partial charge in [0.2, 0.25) is 0 Å². The van der Waals surface area contributed by atoms with Crippen LogP contribution in [0.3, 0.4) is 0 Å². The second kappa shape index (κ2) is 19.9. The van der Waals surface area contributed by atoms with E-state index < -0.39 is 5.25 Å². The number of carbonyl (C=O) groups is 1. The van der Waals surface area contributed by atoms with Crippen LogP contribution in [0.4, 0.5) is 0 Å². The van der Waals surface area contributed by atoms with Gasteiger partial charge in [0.05, 0.1) is 24.9 Å².